The lowest BCUT2D eigenvalue weighted by Crippen LogP contribution is -2.30. The van der Waals surface area contributed by atoms with Crippen LogP contribution in [-0.2, 0) is 27.9 Å². The fourth-order valence-electron chi connectivity index (χ4n) is 2.66. The van der Waals surface area contributed by atoms with Gasteiger partial charge in [-0.1, -0.05) is 48.5 Å². The van der Waals surface area contributed by atoms with Crippen LogP contribution in [0.5, 0.6) is 0 Å². The highest BCUT2D eigenvalue weighted by Crippen LogP contribution is 2.22. The lowest BCUT2D eigenvalue weighted by Gasteiger charge is -2.16. The van der Waals surface area contributed by atoms with E-state index in [4.69, 9.17) is 4.42 Å². The summed E-state index contributed by atoms with van der Waals surface area (Å²) < 4.78 is 18.2. The van der Waals surface area contributed by atoms with Gasteiger partial charge in [-0.2, -0.15) is 0 Å². The zero-order valence-corrected chi connectivity index (χ0v) is 16.2. The molecule has 0 fully saturated rings. The highest BCUT2D eigenvalue weighted by Gasteiger charge is 2.18. The van der Waals surface area contributed by atoms with E-state index in [0.29, 0.717) is 23.9 Å². The van der Waals surface area contributed by atoms with Crippen molar-refractivity contribution in [3.63, 3.8) is 0 Å². The molecule has 0 aliphatic heterocycles. The highest BCUT2D eigenvalue weighted by molar-refractivity contribution is 7.84. The van der Waals surface area contributed by atoms with E-state index < -0.39 is 10.8 Å². The Kier molecular flexibility index (Phi) is 6.19. The monoisotopic (exact) mass is 382 g/mol. The van der Waals surface area contributed by atoms with E-state index in [1.807, 2.05) is 60.7 Å². The van der Waals surface area contributed by atoms with Crippen molar-refractivity contribution >= 4 is 16.7 Å². The molecule has 2 aromatic carbocycles. The Hall–Kier alpha value is -2.73. The first-order chi connectivity index (χ1) is 13.0. The van der Waals surface area contributed by atoms with Gasteiger partial charge in [0.2, 0.25) is 11.8 Å². The molecular weight excluding hydrogens is 360 g/mol. The second kappa shape index (κ2) is 8.77. The van der Waals surface area contributed by atoms with Crippen LogP contribution in [-0.4, -0.2) is 32.8 Å². The van der Waals surface area contributed by atoms with Crippen LogP contribution in [0.25, 0.3) is 11.5 Å². The maximum atomic E-state index is 12.5. The molecule has 1 amide bonds. The van der Waals surface area contributed by atoms with Crippen molar-refractivity contribution in [2.24, 2.45) is 0 Å². The molecule has 6 heteroatoms. The minimum Gasteiger partial charge on any atom is -0.441 e. The van der Waals surface area contributed by atoms with Gasteiger partial charge in [-0.05, 0) is 24.6 Å². The molecule has 0 radical (unpaired) electrons. The van der Waals surface area contributed by atoms with Crippen LogP contribution in [0.15, 0.2) is 65.1 Å². The van der Waals surface area contributed by atoms with E-state index in [-0.39, 0.29) is 17.4 Å². The number of aryl methyl sites for hydroxylation is 1. The molecule has 0 saturated carbocycles. The Balaban J connectivity index is 1.59. The van der Waals surface area contributed by atoms with Crippen molar-refractivity contribution < 1.29 is 13.4 Å². The SMILES string of the molecule is Cc1oc(-c2ccccc2)nc1CS(=O)CC(=O)N(C)Cc1ccccc1. The average Bonchev–Trinajstić information content (AvgIpc) is 3.03. The Morgan fingerprint density at radius 3 is 2.37 bits per heavy atom. The molecule has 0 saturated heterocycles. The van der Waals surface area contributed by atoms with E-state index in [1.54, 1.807) is 18.9 Å². The topological polar surface area (TPSA) is 63.4 Å². The summed E-state index contributed by atoms with van der Waals surface area (Å²) >= 11 is 0. The van der Waals surface area contributed by atoms with E-state index >= 15 is 0 Å². The molecule has 27 heavy (non-hydrogen) atoms. The fourth-order valence-corrected chi connectivity index (χ4v) is 3.83. The van der Waals surface area contributed by atoms with Crippen molar-refractivity contribution in [1.29, 1.82) is 0 Å². The zero-order chi connectivity index (χ0) is 19.2. The third-order valence-corrected chi connectivity index (χ3v) is 5.35. The predicted molar refractivity (Wildman–Crippen MR) is 106 cm³/mol. The molecule has 0 aliphatic carbocycles. The Bertz CT molecular complexity index is 923. The molecule has 3 aromatic rings. The summed E-state index contributed by atoms with van der Waals surface area (Å²) in [6.45, 7) is 2.30. The molecule has 140 valence electrons. The standard InChI is InChI=1S/C21H22N2O3S/c1-16-19(22-21(26-16)18-11-7-4-8-12-18)14-27(25)15-20(24)23(2)13-17-9-5-3-6-10-17/h3-12H,13-15H2,1-2H3. The lowest BCUT2D eigenvalue weighted by atomic mass is 10.2. The van der Waals surface area contributed by atoms with Gasteiger partial charge in [0.15, 0.2) is 0 Å². The molecule has 1 heterocycles. The van der Waals surface area contributed by atoms with Gasteiger partial charge in [0.05, 0.1) is 11.4 Å². The van der Waals surface area contributed by atoms with E-state index in [2.05, 4.69) is 4.98 Å². The van der Waals surface area contributed by atoms with Crippen LogP contribution in [0.3, 0.4) is 0 Å². The number of hydrogen-bond donors (Lipinski definition) is 0. The number of benzene rings is 2. The average molecular weight is 382 g/mol. The summed E-state index contributed by atoms with van der Waals surface area (Å²) in [5.74, 6) is 1.16. The molecule has 5 nitrogen and oxygen atoms in total. The van der Waals surface area contributed by atoms with Crippen molar-refractivity contribution in [1.82, 2.24) is 9.88 Å². The number of carbonyl (C=O) groups excluding carboxylic acids is 1. The normalized spacial score (nSPS) is 11.9. The van der Waals surface area contributed by atoms with Crippen molar-refractivity contribution in [3.05, 3.63) is 77.7 Å². The fraction of sp³-hybridized carbons (Fsp3) is 0.238. The quantitative estimate of drug-likeness (QED) is 0.627. The lowest BCUT2D eigenvalue weighted by molar-refractivity contribution is -0.127. The summed E-state index contributed by atoms with van der Waals surface area (Å²) in [7, 11) is 0.377. The second-order valence-corrected chi connectivity index (χ2v) is 7.81. The van der Waals surface area contributed by atoms with E-state index in [0.717, 1.165) is 11.1 Å². The Morgan fingerprint density at radius 2 is 1.70 bits per heavy atom. The molecular formula is C21H22N2O3S. The second-order valence-electron chi connectivity index (χ2n) is 6.35. The van der Waals surface area contributed by atoms with Crippen LogP contribution in [0.4, 0.5) is 0 Å². The molecule has 1 aromatic heterocycles. The zero-order valence-electron chi connectivity index (χ0n) is 15.4. The highest BCUT2D eigenvalue weighted by atomic mass is 32.2. The molecule has 1 atom stereocenters. The Labute approximate surface area is 161 Å². The van der Waals surface area contributed by atoms with Crippen LogP contribution in [0.1, 0.15) is 17.0 Å². The first kappa shape index (κ1) is 19.0. The van der Waals surface area contributed by atoms with Crippen LogP contribution >= 0.6 is 0 Å². The van der Waals surface area contributed by atoms with Gasteiger partial charge in [-0.3, -0.25) is 9.00 Å². The van der Waals surface area contributed by atoms with Crippen LogP contribution in [0, 0.1) is 6.92 Å². The summed E-state index contributed by atoms with van der Waals surface area (Å²) in [5.41, 5.74) is 2.54. The minimum atomic E-state index is -1.35. The van der Waals surface area contributed by atoms with Gasteiger partial charge >= 0.3 is 0 Å². The maximum Gasteiger partial charge on any atom is 0.235 e. The summed E-state index contributed by atoms with van der Waals surface area (Å²) in [6, 6.07) is 19.3. The number of nitrogens with zero attached hydrogens (tertiary/aromatic N) is 2. The van der Waals surface area contributed by atoms with Crippen LogP contribution < -0.4 is 0 Å². The van der Waals surface area contributed by atoms with Crippen molar-refractivity contribution in [3.8, 4) is 11.5 Å². The number of amides is 1. The van der Waals surface area contributed by atoms with Gasteiger partial charge in [0.1, 0.15) is 11.5 Å². The van der Waals surface area contributed by atoms with E-state index in [1.165, 1.54) is 0 Å². The summed E-state index contributed by atoms with van der Waals surface area (Å²) in [5, 5.41) is 0. The van der Waals surface area contributed by atoms with Crippen molar-refractivity contribution in [2.75, 3.05) is 12.8 Å². The predicted octanol–water partition coefficient (Wildman–Crippen LogP) is 3.56. The Morgan fingerprint density at radius 1 is 1.07 bits per heavy atom. The van der Waals surface area contributed by atoms with Crippen molar-refractivity contribution in [2.45, 2.75) is 19.2 Å². The van der Waals surface area contributed by atoms with Gasteiger partial charge in [-0.15, -0.1) is 0 Å². The number of rotatable bonds is 7. The third-order valence-electron chi connectivity index (χ3n) is 4.18. The van der Waals surface area contributed by atoms with Gasteiger partial charge < -0.3 is 9.32 Å². The first-order valence-electron chi connectivity index (χ1n) is 8.67. The maximum absolute atomic E-state index is 12.5. The van der Waals surface area contributed by atoms with Gasteiger partial charge in [0, 0.05) is 30.0 Å². The molecule has 1 unspecified atom stereocenters. The third kappa shape index (κ3) is 5.14. The summed E-state index contributed by atoms with van der Waals surface area (Å²) in [4.78, 5) is 18.4. The van der Waals surface area contributed by atoms with Gasteiger partial charge in [0.25, 0.3) is 0 Å². The minimum absolute atomic E-state index is 0.0314. The molecule has 0 N–H and O–H groups in total. The molecule has 0 bridgehead atoms. The van der Waals surface area contributed by atoms with Gasteiger partial charge in [-0.25, -0.2) is 4.98 Å². The smallest absolute Gasteiger partial charge is 0.235 e. The molecule has 3 rings (SSSR count). The molecule has 0 spiro atoms. The molecule has 0 aliphatic rings. The number of oxazole rings is 1. The van der Waals surface area contributed by atoms with E-state index in [9.17, 15) is 9.00 Å². The summed E-state index contributed by atoms with van der Waals surface area (Å²) in [6.07, 6.45) is 0. The first-order valence-corrected chi connectivity index (χ1v) is 10.2. The largest absolute Gasteiger partial charge is 0.441 e. The number of hydrogen-bond acceptors (Lipinski definition) is 4. The number of carbonyl (C=O) groups is 1. The number of aromatic nitrogens is 1. The van der Waals surface area contributed by atoms with Crippen LogP contribution in [0.2, 0.25) is 0 Å².